The smallest absolute Gasteiger partial charge is 0.171 e. The highest BCUT2D eigenvalue weighted by Crippen LogP contribution is 2.35. The molecule has 0 fully saturated rings. The molecule has 2 rings (SSSR count). The van der Waals surface area contributed by atoms with Gasteiger partial charge in [-0.3, -0.25) is 4.79 Å². The van der Waals surface area contributed by atoms with Crippen molar-refractivity contribution < 1.29 is 9.90 Å². The van der Waals surface area contributed by atoms with Crippen molar-refractivity contribution in [2.24, 2.45) is 5.41 Å². The topological polar surface area (TPSA) is 37.3 Å². The molecular weight excluding hydrogens is 164 g/mol. The van der Waals surface area contributed by atoms with E-state index in [1.54, 1.807) is 0 Å². The largest absolute Gasteiger partial charge is 0.395 e. The summed E-state index contributed by atoms with van der Waals surface area (Å²) >= 11 is 0. The number of rotatable bonds is 1. The van der Waals surface area contributed by atoms with Crippen molar-refractivity contribution in [2.45, 2.75) is 13.3 Å². The number of benzene rings is 1. The quantitative estimate of drug-likeness (QED) is 0.702. The fourth-order valence-corrected chi connectivity index (χ4v) is 1.85. The first-order valence-electron chi connectivity index (χ1n) is 4.41. The van der Waals surface area contributed by atoms with Crippen molar-refractivity contribution in [2.75, 3.05) is 6.61 Å². The van der Waals surface area contributed by atoms with Gasteiger partial charge < -0.3 is 5.11 Å². The lowest BCUT2D eigenvalue weighted by molar-refractivity contribution is 0.0722. The number of hydrogen-bond acceptors (Lipinski definition) is 2. The third-order valence-corrected chi connectivity index (χ3v) is 2.74. The monoisotopic (exact) mass is 176 g/mol. The third kappa shape index (κ3) is 1.10. The van der Waals surface area contributed by atoms with Gasteiger partial charge in [0.2, 0.25) is 0 Å². The lowest BCUT2D eigenvalue weighted by Crippen LogP contribution is -2.28. The Labute approximate surface area is 77.2 Å². The molecule has 0 spiro atoms. The second-order valence-electron chi connectivity index (χ2n) is 3.88. The zero-order valence-corrected chi connectivity index (χ0v) is 7.58. The van der Waals surface area contributed by atoms with Gasteiger partial charge in [0, 0.05) is 5.56 Å². The summed E-state index contributed by atoms with van der Waals surface area (Å²) in [5.41, 5.74) is 1.26. The van der Waals surface area contributed by atoms with Crippen LogP contribution < -0.4 is 0 Å². The van der Waals surface area contributed by atoms with Crippen LogP contribution in [0, 0.1) is 5.41 Å². The standard InChI is InChI=1S/C11H12O2/c1-11(7-12)6-8-4-2-3-5-9(8)10(11)13/h2-5,12H,6-7H2,1H3. The van der Waals surface area contributed by atoms with Gasteiger partial charge in [0.1, 0.15) is 0 Å². The van der Waals surface area contributed by atoms with E-state index in [4.69, 9.17) is 5.11 Å². The summed E-state index contributed by atoms with van der Waals surface area (Å²) in [6, 6.07) is 7.57. The van der Waals surface area contributed by atoms with Crippen molar-refractivity contribution >= 4 is 5.78 Å². The van der Waals surface area contributed by atoms with Gasteiger partial charge in [0.25, 0.3) is 0 Å². The van der Waals surface area contributed by atoms with Crippen molar-refractivity contribution in [1.29, 1.82) is 0 Å². The van der Waals surface area contributed by atoms with Crippen molar-refractivity contribution in [3.8, 4) is 0 Å². The molecule has 0 bridgehead atoms. The molecule has 13 heavy (non-hydrogen) atoms. The minimum Gasteiger partial charge on any atom is -0.395 e. The highest BCUT2D eigenvalue weighted by molar-refractivity contribution is 6.04. The molecule has 1 aliphatic carbocycles. The van der Waals surface area contributed by atoms with E-state index in [1.807, 2.05) is 31.2 Å². The van der Waals surface area contributed by atoms with E-state index in [-0.39, 0.29) is 12.4 Å². The van der Waals surface area contributed by atoms with Crippen LogP contribution in [0.3, 0.4) is 0 Å². The highest BCUT2D eigenvalue weighted by Gasteiger charge is 2.40. The van der Waals surface area contributed by atoms with Crippen LogP contribution in [0.25, 0.3) is 0 Å². The van der Waals surface area contributed by atoms with Crippen LogP contribution in [-0.2, 0) is 6.42 Å². The second kappa shape index (κ2) is 2.67. The SMILES string of the molecule is CC1(CO)Cc2ccccc2C1=O. The van der Waals surface area contributed by atoms with Crippen LogP contribution in [0.15, 0.2) is 24.3 Å². The lowest BCUT2D eigenvalue weighted by atomic mass is 9.87. The summed E-state index contributed by atoms with van der Waals surface area (Å²) < 4.78 is 0. The van der Waals surface area contributed by atoms with E-state index >= 15 is 0 Å². The molecule has 1 aromatic rings. The van der Waals surface area contributed by atoms with Gasteiger partial charge in [-0.25, -0.2) is 0 Å². The summed E-state index contributed by atoms with van der Waals surface area (Å²) in [5.74, 6) is 0.0746. The van der Waals surface area contributed by atoms with E-state index in [1.165, 1.54) is 0 Å². The number of fused-ring (bicyclic) bond motifs is 1. The summed E-state index contributed by atoms with van der Waals surface area (Å²) in [6.07, 6.45) is 0.665. The van der Waals surface area contributed by atoms with Crippen LogP contribution in [0.5, 0.6) is 0 Å². The van der Waals surface area contributed by atoms with Crippen molar-refractivity contribution in [3.05, 3.63) is 35.4 Å². The van der Waals surface area contributed by atoms with Gasteiger partial charge in [-0.1, -0.05) is 24.3 Å². The molecule has 2 heteroatoms. The van der Waals surface area contributed by atoms with Crippen molar-refractivity contribution in [1.82, 2.24) is 0 Å². The van der Waals surface area contributed by atoms with Gasteiger partial charge in [-0.05, 0) is 18.9 Å². The van der Waals surface area contributed by atoms with E-state index in [2.05, 4.69) is 0 Å². The molecule has 1 aliphatic rings. The van der Waals surface area contributed by atoms with Gasteiger partial charge >= 0.3 is 0 Å². The molecule has 2 nitrogen and oxygen atoms in total. The average Bonchev–Trinajstić information content (AvgIpc) is 2.41. The maximum Gasteiger partial charge on any atom is 0.171 e. The molecule has 1 unspecified atom stereocenters. The Bertz CT molecular complexity index is 357. The predicted octanol–water partition coefficient (Wildman–Crippen LogP) is 1.42. The first-order valence-corrected chi connectivity index (χ1v) is 4.41. The predicted molar refractivity (Wildman–Crippen MR) is 49.7 cm³/mol. The molecule has 0 aliphatic heterocycles. The Hall–Kier alpha value is -1.15. The van der Waals surface area contributed by atoms with Gasteiger partial charge in [0.15, 0.2) is 5.78 Å². The molecule has 0 heterocycles. The van der Waals surface area contributed by atoms with Crippen LogP contribution in [0.1, 0.15) is 22.8 Å². The first kappa shape index (κ1) is 8.45. The molecule has 0 amide bonds. The highest BCUT2D eigenvalue weighted by atomic mass is 16.3. The summed E-state index contributed by atoms with van der Waals surface area (Å²) in [5, 5.41) is 9.15. The number of carbonyl (C=O) groups excluding carboxylic acids is 1. The number of Topliss-reactive ketones (excluding diaryl/α,β-unsaturated/α-hetero) is 1. The van der Waals surface area contributed by atoms with Crippen molar-refractivity contribution in [3.63, 3.8) is 0 Å². The number of hydrogen-bond donors (Lipinski definition) is 1. The van der Waals surface area contributed by atoms with E-state index < -0.39 is 5.41 Å². The Morgan fingerprint density at radius 1 is 1.46 bits per heavy atom. The van der Waals surface area contributed by atoms with Crippen LogP contribution in [0.2, 0.25) is 0 Å². The summed E-state index contributed by atoms with van der Waals surface area (Å²) in [7, 11) is 0. The van der Waals surface area contributed by atoms with Crippen LogP contribution in [0.4, 0.5) is 0 Å². The molecule has 68 valence electrons. The van der Waals surface area contributed by atoms with E-state index in [9.17, 15) is 4.79 Å². The van der Waals surface area contributed by atoms with Crippen LogP contribution >= 0.6 is 0 Å². The van der Waals surface area contributed by atoms with E-state index in [0.29, 0.717) is 6.42 Å². The summed E-state index contributed by atoms with van der Waals surface area (Å²) in [6.45, 7) is 1.75. The normalized spacial score (nSPS) is 26.2. The number of aliphatic hydroxyl groups excluding tert-OH is 1. The Morgan fingerprint density at radius 2 is 2.15 bits per heavy atom. The second-order valence-corrected chi connectivity index (χ2v) is 3.88. The molecule has 1 N–H and O–H groups in total. The number of ketones is 1. The van der Waals surface area contributed by atoms with Gasteiger partial charge in [-0.2, -0.15) is 0 Å². The fraction of sp³-hybridized carbons (Fsp3) is 0.364. The minimum absolute atomic E-state index is 0.0689. The molecule has 0 radical (unpaired) electrons. The van der Waals surface area contributed by atoms with Gasteiger partial charge in [0.05, 0.1) is 12.0 Å². The minimum atomic E-state index is -0.580. The maximum atomic E-state index is 11.8. The van der Waals surface area contributed by atoms with Crippen LogP contribution in [-0.4, -0.2) is 17.5 Å². The molecular formula is C11H12O2. The molecule has 0 aromatic heterocycles. The Kier molecular flexibility index (Phi) is 1.74. The molecule has 0 saturated heterocycles. The Balaban J connectivity index is 2.50. The summed E-state index contributed by atoms with van der Waals surface area (Å²) in [4.78, 5) is 11.8. The zero-order valence-electron chi connectivity index (χ0n) is 7.58. The lowest BCUT2D eigenvalue weighted by Gasteiger charge is -2.17. The molecule has 1 aromatic carbocycles. The molecule has 0 saturated carbocycles. The van der Waals surface area contributed by atoms with Gasteiger partial charge in [-0.15, -0.1) is 0 Å². The first-order chi connectivity index (χ1) is 6.17. The van der Waals surface area contributed by atoms with E-state index in [0.717, 1.165) is 11.1 Å². The number of aliphatic hydroxyl groups is 1. The maximum absolute atomic E-state index is 11.8. The third-order valence-electron chi connectivity index (χ3n) is 2.74. The average molecular weight is 176 g/mol. The number of carbonyl (C=O) groups is 1. The molecule has 1 atom stereocenters. The fourth-order valence-electron chi connectivity index (χ4n) is 1.85. The Morgan fingerprint density at radius 3 is 2.77 bits per heavy atom. The zero-order chi connectivity index (χ0) is 9.47.